The second kappa shape index (κ2) is 8.44. The van der Waals surface area contributed by atoms with Gasteiger partial charge in [0.1, 0.15) is 5.52 Å². The monoisotopic (exact) mass is 433 g/mol. The van der Waals surface area contributed by atoms with Crippen molar-refractivity contribution in [3.05, 3.63) is 58.9 Å². The summed E-state index contributed by atoms with van der Waals surface area (Å²) in [6.45, 7) is 4.82. The molecule has 1 fully saturated rings. The van der Waals surface area contributed by atoms with Crippen LogP contribution in [0.15, 0.2) is 51.8 Å². The van der Waals surface area contributed by atoms with Crippen LogP contribution >= 0.6 is 11.6 Å². The Balaban J connectivity index is 1.39. The summed E-state index contributed by atoms with van der Waals surface area (Å²) in [6.07, 6.45) is 2.00. The van der Waals surface area contributed by atoms with E-state index < -0.39 is 10.0 Å². The standard InChI is InChI=1S/C21H24ClN3O3S/c1-2-3-16-4-7-18(8-5-16)29(26,27)25-12-10-24(11-13-25)15-21-23-19-14-17(22)6-9-20(19)28-21/h4-9,14H,2-3,10-13,15H2,1H3. The zero-order valence-corrected chi connectivity index (χ0v) is 17.9. The van der Waals surface area contributed by atoms with Gasteiger partial charge >= 0.3 is 0 Å². The molecule has 4 rings (SSSR count). The van der Waals surface area contributed by atoms with Crippen molar-refractivity contribution < 1.29 is 12.8 Å². The maximum Gasteiger partial charge on any atom is 0.243 e. The van der Waals surface area contributed by atoms with E-state index in [9.17, 15) is 8.42 Å². The molecular weight excluding hydrogens is 410 g/mol. The summed E-state index contributed by atoms with van der Waals surface area (Å²) in [6, 6.07) is 12.6. The van der Waals surface area contributed by atoms with Gasteiger partial charge in [-0.25, -0.2) is 13.4 Å². The van der Waals surface area contributed by atoms with E-state index in [1.807, 2.05) is 18.2 Å². The average Bonchev–Trinajstić information content (AvgIpc) is 3.10. The predicted molar refractivity (Wildman–Crippen MR) is 113 cm³/mol. The number of aryl methyl sites for hydroxylation is 1. The van der Waals surface area contributed by atoms with Gasteiger partial charge in [0.25, 0.3) is 0 Å². The van der Waals surface area contributed by atoms with Crippen LogP contribution in [-0.2, 0) is 23.0 Å². The highest BCUT2D eigenvalue weighted by atomic mass is 35.5. The highest BCUT2D eigenvalue weighted by Gasteiger charge is 2.29. The van der Waals surface area contributed by atoms with Crippen LogP contribution in [0.1, 0.15) is 24.8 Å². The summed E-state index contributed by atoms with van der Waals surface area (Å²) >= 11 is 6.00. The van der Waals surface area contributed by atoms with Crippen molar-refractivity contribution in [2.75, 3.05) is 26.2 Å². The molecule has 0 bridgehead atoms. The number of fused-ring (bicyclic) bond motifs is 1. The van der Waals surface area contributed by atoms with Crippen LogP contribution in [0.5, 0.6) is 0 Å². The van der Waals surface area contributed by atoms with Crippen LogP contribution in [-0.4, -0.2) is 48.8 Å². The van der Waals surface area contributed by atoms with Crippen LogP contribution < -0.4 is 0 Å². The Hall–Kier alpha value is -1.93. The Morgan fingerprint density at radius 3 is 2.48 bits per heavy atom. The molecule has 6 nitrogen and oxygen atoms in total. The minimum atomic E-state index is -3.46. The van der Waals surface area contributed by atoms with Crippen LogP contribution in [0, 0.1) is 0 Å². The van der Waals surface area contributed by atoms with E-state index in [2.05, 4.69) is 16.8 Å². The van der Waals surface area contributed by atoms with Gasteiger partial charge in [0, 0.05) is 31.2 Å². The van der Waals surface area contributed by atoms with Crippen molar-refractivity contribution in [1.82, 2.24) is 14.2 Å². The second-order valence-corrected chi connectivity index (χ2v) is 9.67. The summed E-state index contributed by atoms with van der Waals surface area (Å²) < 4.78 is 33.2. The van der Waals surface area contributed by atoms with E-state index in [0.717, 1.165) is 23.9 Å². The maximum absolute atomic E-state index is 12.9. The van der Waals surface area contributed by atoms with Crippen molar-refractivity contribution in [1.29, 1.82) is 0 Å². The van der Waals surface area contributed by atoms with Crippen molar-refractivity contribution in [2.24, 2.45) is 0 Å². The number of benzene rings is 2. The molecule has 0 spiro atoms. The molecule has 1 aromatic heterocycles. The number of aromatic nitrogens is 1. The Bertz CT molecular complexity index is 1090. The minimum Gasteiger partial charge on any atom is -0.439 e. The van der Waals surface area contributed by atoms with E-state index in [1.54, 1.807) is 28.6 Å². The SMILES string of the molecule is CCCc1ccc(S(=O)(=O)N2CCN(Cc3nc4cc(Cl)ccc4o3)CC2)cc1. The fourth-order valence-electron chi connectivity index (χ4n) is 3.60. The number of hydrogen-bond acceptors (Lipinski definition) is 5. The fraction of sp³-hybridized carbons (Fsp3) is 0.381. The van der Waals surface area contributed by atoms with Crippen LogP contribution in [0.2, 0.25) is 5.02 Å². The number of nitrogens with zero attached hydrogens (tertiary/aromatic N) is 3. The minimum absolute atomic E-state index is 0.363. The summed E-state index contributed by atoms with van der Waals surface area (Å²) in [5.74, 6) is 0.616. The molecule has 1 aliphatic heterocycles. The molecule has 154 valence electrons. The molecule has 2 aromatic carbocycles. The smallest absolute Gasteiger partial charge is 0.243 e. The summed E-state index contributed by atoms with van der Waals surface area (Å²) in [5, 5.41) is 0.624. The zero-order chi connectivity index (χ0) is 20.4. The summed E-state index contributed by atoms with van der Waals surface area (Å²) in [7, 11) is -3.46. The molecule has 0 unspecified atom stereocenters. The third-order valence-electron chi connectivity index (χ3n) is 5.18. The first kappa shape index (κ1) is 20.3. The molecule has 8 heteroatoms. The van der Waals surface area contributed by atoms with Gasteiger partial charge in [-0.1, -0.05) is 37.1 Å². The number of rotatable bonds is 6. The van der Waals surface area contributed by atoms with Gasteiger partial charge in [0.2, 0.25) is 15.9 Å². The largest absolute Gasteiger partial charge is 0.439 e. The molecule has 0 radical (unpaired) electrons. The second-order valence-electron chi connectivity index (χ2n) is 7.29. The van der Waals surface area contributed by atoms with Crippen molar-refractivity contribution in [2.45, 2.75) is 31.2 Å². The van der Waals surface area contributed by atoms with Gasteiger partial charge in [-0.2, -0.15) is 4.31 Å². The number of hydrogen-bond donors (Lipinski definition) is 0. The third kappa shape index (κ3) is 4.48. The molecule has 1 saturated heterocycles. The van der Waals surface area contributed by atoms with Gasteiger partial charge in [-0.15, -0.1) is 0 Å². The van der Waals surface area contributed by atoms with Crippen molar-refractivity contribution in [3.63, 3.8) is 0 Å². The lowest BCUT2D eigenvalue weighted by Gasteiger charge is -2.33. The first-order chi connectivity index (χ1) is 14.0. The van der Waals surface area contributed by atoms with Gasteiger partial charge in [0.05, 0.1) is 11.4 Å². The van der Waals surface area contributed by atoms with E-state index in [0.29, 0.717) is 54.1 Å². The third-order valence-corrected chi connectivity index (χ3v) is 7.33. The summed E-state index contributed by atoms with van der Waals surface area (Å²) in [5.41, 5.74) is 2.60. The maximum atomic E-state index is 12.9. The molecule has 3 aromatic rings. The van der Waals surface area contributed by atoms with Gasteiger partial charge in [-0.3, -0.25) is 4.90 Å². The molecule has 0 atom stereocenters. The molecule has 2 heterocycles. The molecule has 0 saturated carbocycles. The van der Waals surface area contributed by atoms with E-state index in [4.69, 9.17) is 16.0 Å². The number of oxazole rings is 1. The number of halogens is 1. The molecule has 0 aliphatic carbocycles. The fourth-order valence-corrected chi connectivity index (χ4v) is 5.19. The normalized spacial score (nSPS) is 16.5. The Morgan fingerprint density at radius 1 is 1.07 bits per heavy atom. The Morgan fingerprint density at radius 2 is 1.79 bits per heavy atom. The lowest BCUT2D eigenvalue weighted by atomic mass is 10.1. The Labute approximate surface area is 176 Å². The number of piperazine rings is 1. The van der Waals surface area contributed by atoms with Gasteiger partial charge < -0.3 is 4.42 Å². The molecule has 0 N–H and O–H groups in total. The van der Waals surface area contributed by atoms with Crippen molar-refractivity contribution in [3.8, 4) is 0 Å². The topological polar surface area (TPSA) is 66.7 Å². The quantitative estimate of drug-likeness (QED) is 0.589. The highest BCUT2D eigenvalue weighted by Crippen LogP contribution is 2.22. The van der Waals surface area contributed by atoms with E-state index >= 15 is 0 Å². The van der Waals surface area contributed by atoms with Gasteiger partial charge in [-0.05, 0) is 42.3 Å². The molecule has 29 heavy (non-hydrogen) atoms. The molecule has 0 amide bonds. The van der Waals surface area contributed by atoms with Crippen molar-refractivity contribution >= 4 is 32.7 Å². The highest BCUT2D eigenvalue weighted by molar-refractivity contribution is 7.89. The first-order valence-corrected chi connectivity index (χ1v) is 11.6. The van der Waals surface area contributed by atoms with E-state index in [-0.39, 0.29) is 0 Å². The average molecular weight is 434 g/mol. The lowest BCUT2D eigenvalue weighted by Crippen LogP contribution is -2.48. The van der Waals surface area contributed by atoms with E-state index in [1.165, 1.54) is 0 Å². The first-order valence-electron chi connectivity index (χ1n) is 9.82. The van der Waals surface area contributed by atoms with Gasteiger partial charge in [0.15, 0.2) is 5.58 Å². The van der Waals surface area contributed by atoms with Crippen LogP contribution in [0.3, 0.4) is 0 Å². The molecular formula is C21H24ClN3O3S. The number of sulfonamides is 1. The zero-order valence-electron chi connectivity index (χ0n) is 16.3. The molecule has 1 aliphatic rings. The Kier molecular flexibility index (Phi) is 5.92. The summed E-state index contributed by atoms with van der Waals surface area (Å²) in [4.78, 5) is 7.00. The van der Waals surface area contributed by atoms with Crippen LogP contribution in [0.25, 0.3) is 11.1 Å². The predicted octanol–water partition coefficient (Wildman–Crippen LogP) is 3.94. The lowest BCUT2D eigenvalue weighted by molar-refractivity contribution is 0.169. The van der Waals surface area contributed by atoms with Crippen LogP contribution in [0.4, 0.5) is 0 Å².